The van der Waals surface area contributed by atoms with Crippen LogP contribution < -0.4 is 11.1 Å². The largest absolute Gasteiger partial charge is 0.398 e. The minimum atomic E-state index is 0.824. The van der Waals surface area contributed by atoms with Crippen LogP contribution in [0.15, 0.2) is 48.5 Å². The Balaban J connectivity index is 2.50. The standard InChI is InChI=1S/C15H14N2/c1-17-15-7-6-14(16)12-8-10-4-2-3-5-11(10)9-13(12)15/h2-9,17H,16H2,1H3. The van der Waals surface area contributed by atoms with E-state index in [0.29, 0.717) is 0 Å². The van der Waals surface area contributed by atoms with Crippen LogP contribution in [0.2, 0.25) is 0 Å². The molecular weight excluding hydrogens is 208 g/mol. The molecule has 0 amide bonds. The van der Waals surface area contributed by atoms with E-state index in [9.17, 15) is 0 Å². The second-order valence-electron chi connectivity index (χ2n) is 4.20. The fraction of sp³-hybridized carbons (Fsp3) is 0.0667. The molecule has 3 aromatic carbocycles. The summed E-state index contributed by atoms with van der Waals surface area (Å²) in [6.07, 6.45) is 0. The lowest BCUT2D eigenvalue weighted by molar-refractivity contribution is 1.55. The maximum Gasteiger partial charge on any atom is 0.0419 e. The lowest BCUT2D eigenvalue weighted by Crippen LogP contribution is -1.93. The summed E-state index contributed by atoms with van der Waals surface area (Å²) in [5.41, 5.74) is 7.98. The van der Waals surface area contributed by atoms with Gasteiger partial charge in [0.2, 0.25) is 0 Å². The summed E-state index contributed by atoms with van der Waals surface area (Å²) in [6, 6.07) is 16.6. The van der Waals surface area contributed by atoms with Gasteiger partial charge in [0.1, 0.15) is 0 Å². The van der Waals surface area contributed by atoms with Crippen LogP contribution >= 0.6 is 0 Å². The summed E-state index contributed by atoms with van der Waals surface area (Å²) in [6.45, 7) is 0. The molecule has 17 heavy (non-hydrogen) atoms. The smallest absolute Gasteiger partial charge is 0.0419 e. The molecule has 0 bridgehead atoms. The Bertz CT molecular complexity index is 702. The number of benzene rings is 3. The molecule has 0 aliphatic heterocycles. The van der Waals surface area contributed by atoms with Gasteiger partial charge >= 0.3 is 0 Å². The molecule has 0 saturated carbocycles. The van der Waals surface area contributed by atoms with Crippen LogP contribution in [-0.4, -0.2) is 7.05 Å². The van der Waals surface area contributed by atoms with Gasteiger partial charge in [0.25, 0.3) is 0 Å². The predicted molar refractivity (Wildman–Crippen MR) is 75.4 cm³/mol. The molecule has 0 unspecified atom stereocenters. The van der Waals surface area contributed by atoms with E-state index in [2.05, 4.69) is 35.6 Å². The number of fused-ring (bicyclic) bond motifs is 2. The highest BCUT2D eigenvalue weighted by molar-refractivity contribution is 6.08. The van der Waals surface area contributed by atoms with E-state index >= 15 is 0 Å². The molecule has 3 N–H and O–H groups in total. The molecule has 0 saturated heterocycles. The van der Waals surface area contributed by atoms with Crippen LogP contribution in [0, 0.1) is 0 Å². The van der Waals surface area contributed by atoms with E-state index in [4.69, 9.17) is 5.73 Å². The monoisotopic (exact) mass is 222 g/mol. The van der Waals surface area contributed by atoms with Gasteiger partial charge in [-0.05, 0) is 35.0 Å². The minimum Gasteiger partial charge on any atom is -0.398 e. The van der Waals surface area contributed by atoms with Gasteiger partial charge in [-0.1, -0.05) is 24.3 Å². The average molecular weight is 222 g/mol. The number of nitrogens with one attached hydrogen (secondary N) is 1. The van der Waals surface area contributed by atoms with Crippen LogP contribution in [0.3, 0.4) is 0 Å². The first-order chi connectivity index (χ1) is 8.29. The van der Waals surface area contributed by atoms with Crippen molar-refractivity contribution in [3.8, 4) is 0 Å². The summed E-state index contributed by atoms with van der Waals surface area (Å²) in [5, 5.41) is 7.95. The molecule has 0 spiro atoms. The second kappa shape index (κ2) is 3.67. The summed E-state index contributed by atoms with van der Waals surface area (Å²) < 4.78 is 0. The highest BCUT2D eigenvalue weighted by Crippen LogP contribution is 2.31. The molecular formula is C15H14N2. The third-order valence-electron chi connectivity index (χ3n) is 3.19. The zero-order chi connectivity index (χ0) is 11.8. The van der Waals surface area contributed by atoms with Crippen LogP contribution in [0.1, 0.15) is 0 Å². The zero-order valence-electron chi connectivity index (χ0n) is 9.70. The summed E-state index contributed by atoms with van der Waals surface area (Å²) in [5.74, 6) is 0. The SMILES string of the molecule is CNc1ccc(N)c2cc3ccccc3cc12. The molecule has 3 rings (SSSR count). The Morgan fingerprint density at radius 3 is 2.18 bits per heavy atom. The third kappa shape index (κ3) is 1.49. The average Bonchev–Trinajstić information content (AvgIpc) is 2.38. The van der Waals surface area contributed by atoms with Gasteiger partial charge in [0, 0.05) is 29.2 Å². The minimum absolute atomic E-state index is 0.824. The van der Waals surface area contributed by atoms with Crippen molar-refractivity contribution in [1.29, 1.82) is 0 Å². The molecule has 3 aromatic rings. The lowest BCUT2D eigenvalue weighted by Gasteiger charge is -2.10. The first-order valence-corrected chi connectivity index (χ1v) is 5.68. The van der Waals surface area contributed by atoms with Crippen LogP contribution in [-0.2, 0) is 0 Å². The number of nitrogen functional groups attached to an aromatic ring is 1. The Hall–Kier alpha value is -2.22. The van der Waals surface area contributed by atoms with E-state index in [1.807, 2.05) is 25.2 Å². The van der Waals surface area contributed by atoms with Crippen LogP contribution in [0.25, 0.3) is 21.5 Å². The molecule has 0 aliphatic rings. The topological polar surface area (TPSA) is 38.0 Å². The van der Waals surface area contributed by atoms with Gasteiger partial charge in [-0.15, -0.1) is 0 Å². The van der Waals surface area contributed by atoms with Gasteiger partial charge in [0.15, 0.2) is 0 Å². The van der Waals surface area contributed by atoms with Gasteiger partial charge < -0.3 is 11.1 Å². The van der Waals surface area contributed by atoms with Crippen molar-refractivity contribution < 1.29 is 0 Å². The molecule has 0 atom stereocenters. The van der Waals surface area contributed by atoms with E-state index < -0.39 is 0 Å². The summed E-state index contributed by atoms with van der Waals surface area (Å²) in [7, 11) is 1.93. The summed E-state index contributed by atoms with van der Waals surface area (Å²) >= 11 is 0. The van der Waals surface area contributed by atoms with Gasteiger partial charge in [-0.3, -0.25) is 0 Å². The van der Waals surface area contributed by atoms with Crippen molar-refractivity contribution in [2.45, 2.75) is 0 Å². The zero-order valence-corrected chi connectivity index (χ0v) is 9.70. The van der Waals surface area contributed by atoms with Crippen molar-refractivity contribution in [2.24, 2.45) is 0 Å². The number of hydrogen-bond acceptors (Lipinski definition) is 2. The lowest BCUT2D eigenvalue weighted by atomic mass is 10.0. The van der Waals surface area contributed by atoms with Crippen molar-refractivity contribution in [3.05, 3.63) is 48.5 Å². The fourth-order valence-corrected chi connectivity index (χ4v) is 2.27. The quantitative estimate of drug-likeness (QED) is 0.487. The molecule has 0 radical (unpaired) electrons. The molecule has 0 heterocycles. The predicted octanol–water partition coefficient (Wildman–Crippen LogP) is 3.62. The molecule has 0 aromatic heterocycles. The molecule has 0 fully saturated rings. The Morgan fingerprint density at radius 2 is 1.53 bits per heavy atom. The molecule has 2 nitrogen and oxygen atoms in total. The third-order valence-corrected chi connectivity index (χ3v) is 3.19. The van der Waals surface area contributed by atoms with Gasteiger partial charge in [0.05, 0.1) is 0 Å². The van der Waals surface area contributed by atoms with E-state index in [0.717, 1.165) is 16.8 Å². The normalized spacial score (nSPS) is 10.9. The van der Waals surface area contributed by atoms with Gasteiger partial charge in [-0.2, -0.15) is 0 Å². The van der Waals surface area contributed by atoms with E-state index in [1.54, 1.807) is 0 Å². The Labute approximate surface area is 100 Å². The van der Waals surface area contributed by atoms with Crippen molar-refractivity contribution in [1.82, 2.24) is 0 Å². The van der Waals surface area contributed by atoms with Crippen molar-refractivity contribution >= 4 is 32.9 Å². The first-order valence-electron chi connectivity index (χ1n) is 5.68. The summed E-state index contributed by atoms with van der Waals surface area (Å²) in [4.78, 5) is 0. The fourth-order valence-electron chi connectivity index (χ4n) is 2.27. The van der Waals surface area contributed by atoms with Crippen molar-refractivity contribution in [3.63, 3.8) is 0 Å². The number of anilines is 2. The Kier molecular flexibility index (Phi) is 2.15. The van der Waals surface area contributed by atoms with Gasteiger partial charge in [-0.25, -0.2) is 0 Å². The van der Waals surface area contributed by atoms with E-state index in [1.165, 1.54) is 16.2 Å². The molecule has 84 valence electrons. The number of rotatable bonds is 1. The maximum absolute atomic E-state index is 6.04. The molecule has 2 heteroatoms. The highest BCUT2D eigenvalue weighted by atomic mass is 14.8. The Morgan fingerprint density at radius 1 is 0.882 bits per heavy atom. The first kappa shape index (κ1) is 9.97. The highest BCUT2D eigenvalue weighted by Gasteiger charge is 2.04. The van der Waals surface area contributed by atoms with E-state index in [-0.39, 0.29) is 0 Å². The van der Waals surface area contributed by atoms with Crippen molar-refractivity contribution in [2.75, 3.05) is 18.1 Å². The second-order valence-corrected chi connectivity index (χ2v) is 4.20. The maximum atomic E-state index is 6.04. The van der Waals surface area contributed by atoms with Crippen LogP contribution in [0.4, 0.5) is 11.4 Å². The van der Waals surface area contributed by atoms with Crippen LogP contribution in [0.5, 0.6) is 0 Å². The number of hydrogen-bond donors (Lipinski definition) is 2. The molecule has 0 aliphatic carbocycles. The number of nitrogens with two attached hydrogens (primary N) is 1.